The van der Waals surface area contributed by atoms with Crippen molar-refractivity contribution >= 4 is 0 Å². The number of aliphatic hydroxyl groups is 2. The van der Waals surface area contributed by atoms with Crippen molar-refractivity contribution in [2.45, 2.75) is 180 Å². The van der Waals surface area contributed by atoms with E-state index in [4.69, 9.17) is 0 Å². The first-order valence-electron chi connectivity index (χ1n) is 14.3. The van der Waals surface area contributed by atoms with Gasteiger partial charge in [-0.1, -0.05) is 141 Å². The Morgan fingerprint density at radius 3 is 0.875 bits per heavy atom. The van der Waals surface area contributed by atoms with Gasteiger partial charge in [0.1, 0.15) is 11.2 Å². The zero-order valence-corrected chi connectivity index (χ0v) is 22.5. The van der Waals surface area contributed by atoms with Gasteiger partial charge in [0.2, 0.25) is 0 Å². The van der Waals surface area contributed by atoms with E-state index >= 15 is 0 Å². The first-order chi connectivity index (χ1) is 15.3. The highest BCUT2D eigenvalue weighted by atomic mass is 16.3. The van der Waals surface area contributed by atoms with Crippen molar-refractivity contribution in [1.29, 1.82) is 0 Å². The predicted octanol–water partition coefficient (Wildman–Crippen LogP) is 9.11. The van der Waals surface area contributed by atoms with E-state index in [9.17, 15) is 10.2 Å². The molecule has 0 amide bonds. The molecule has 0 aromatic carbocycles. The third-order valence-corrected chi connectivity index (χ3v) is 6.64. The highest BCUT2D eigenvalue weighted by Gasteiger charge is 2.20. The molecule has 2 N–H and O–H groups in total. The number of hydrogen-bond acceptors (Lipinski definition) is 2. The van der Waals surface area contributed by atoms with Crippen molar-refractivity contribution in [3.63, 3.8) is 0 Å². The van der Waals surface area contributed by atoms with Gasteiger partial charge in [0.15, 0.2) is 0 Å². The molecule has 2 nitrogen and oxygen atoms in total. The number of hydrogen-bond donors (Lipinski definition) is 2. The molecule has 190 valence electrons. The highest BCUT2D eigenvalue weighted by Crippen LogP contribution is 2.19. The molecule has 0 bridgehead atoms. The lowest BCUT2D eigenvalue weighted by atomic mass is 9.94. The SMILES string of the molecule is CCCCCCCCCCCCC(C)(O)C#CC(C)(O)CCCCCCCCCCCC. The molecule has 0 radical (unpaired) electrons. The minimum atomic E-state index is -0.984. The van der Waals surface area contributed by atoms with E-state index in [1.807, 2.05) is 0 Å². The summed E-state index contributed by atoms with van der Waals surface area (Å²) in [7, 11) is 0. The Morgan fingerprint density at radius 1 is 0.406 bits per heavy atom. The molecule has 0 aliphatic carbocycles. The van der Waals surface area contributed by atoms with Gasteiger partial charge in [0, 0.05) is 0 Å². The summed E-state index contributed by atoms with van der Waals surface area (Å²) in [4.78, 5) is 0. The topological polar surface area (TPSA) is 40.5 Å². The molecule has 0 aromatic heterocycles. The molecule has 0 aliphatic rings. The van der Waals surface area contributed by atoms with Crippen LogP contribution in [0, 0.1) is 11.8 Å². The summed E-state index contributed by atoms with van der Waals surface area (Å²) in [6, 6.07) is 0. The first-order valence-corrected chi connectivity index (χ1v) is 14.3. The van der Waals surface area contributed by atoms with Crippen LogP contribution in [0.4, 0.5) is 0 Å². The van der Waals surface area contributed by atoms with Gasteiger partial charge in [-0.05, 0) is 39.5 Å². The van der Waals surface area contributed by atoms with Gasteiger partial charge in [0.05, 0.1) is 0 Å². The lowest BCUT2D eigenvalue weighted by Crippen LogP contribution is -2.26. The fraction of sp³-hybridized carbons (Fsp3) is 0.933. The quantitative estimate of drug-likeness (QED) is 0.127. The molecule has 2 unspecified atom stereocenters. The molecule has 2 heteroatoms. The van der Waals surface area contributed by atoms with E-state index in [1.165, 1.54) is 116 Å². The van der Waals surface area contributed by atoms with E-state index < -0.39 is 11.2 Å². The van der Waals surface area contributed by atoms with Crippen LogP contribution < -0.4 is 0 Å². The Balaban J connectivity index is 3.79. The maximum Gasteiger partial charge on any atom is 0.122 e. The smallest absolute Gasteiger partial charge is 0.122 e. The molecule has 2 atom stereocenters. The standard InChI is InChI=1S/C30H58O2/c1-5-7-9-11-13-15-17-19-21-23-25-29(3,31)27-28-30(4,32)26-24-22-20-18-16-14-12-10-8-6-2/h31-32H,5-26H2,1-4H3. The van der Waals surface area contributed by atoms with Crippen LogP contribution in [0.5, 0.6) is 0 Å². The predicted molar refractivity (Wildman–Crippen MR) is 142 cm³/mol. The second-order valence-corrected chi connectivity index (χ2v) is 10.7. The molecule has 32 heavy (non-hydrogen) atoms. The third kappa shape index (κ3) is 22.7. The summed E-state index contributed by atoms with van der Waals surface area (Å²) >= 11 is 0. The molecule has 0 fully saturated rings. The molecule has 0 spiro atoms. The molecule has 0 heterocycles. The van der Waals surface area contributed by atoms with Crippen LogP contribution in [-0.2, 0) is 0 Å². The van der Waals surface area contributed by atoms with Gasteiger partial charge in [0.25, 0.3) is 0 Å². The first kappa shape index (κ1) is 31.5. The summed E-state index contributed by atoms with van der Waals surface area (Å²) in [6.45, 7) is 8.12. The Hall–Kier alpha value is -0.520. The maximum absolute atomic E-state index is 10.6. The molecular formula is C30H58O2. The van der Waals surface area contributed by atoms with E-state index in [2.05, 4.69) is 25.7 Å². The fourth-order valence-corrected chi connectivity index (χ4v) is 4.31. The minimum absolute atomic E-state index is 0.699. The Bertz CT molecular complexity index is 415. The lowest BCUT2D eigenvalue weighted by Gasteiger charge is -2.20. The van der Waals surface area contributed by atoms with E-state index in [1.54, 1.807) is 13.8 Å². The number of unbranched alkanes of at least 4 members (excludes halogenated alkanes) is 18. The van der Waals surface area contributed by atoms with Crippen LogP contribution in [-0.4, -0.2) is 21.4 Å². The van der Waals surface area contributed by atoms with Crippen LogP contribution in [0.15, 0.2) is 0 Å². The Kier molecular flexibility index (Phi) is 20.7. The summed E-state index contributed by atoms with van der Waals surface area (Å²) in [5.41, 5.74) is -1.97. The van der Waals surface area contributed by atoms with Crippen molar-refractivity contribution in [2.24, 2.45) is 0 Å². The summed E-state index contributed by atoms with van der Waals surface area (Å²) in [5, 5.41) is 21.1. The molecule has 0 aromatic rings. The lowest BCUT2D eigenvalue weighted by molar-refractivity contribution is 0.0968. The fourth-order valence-electron chi connectivity index (χ4n) is 4.31. The maximum atomic E-state index is 10.6. The molecule has 0 saturated heterocycles. The van der Waals surface area contributed by atoms with Crippen molar-refractivity contribution in [2.75, 3.05) is 0 Å². The van der Waals surface area contributed by atoms with Crippen molar-refractivity contribution in [1.82, 2.24) is 0 Å². The van der Waals surface area contributed by atoms with Crippen molar-refractivity contribution in [3.8, 4) is 11.8 Å². The van der Waals surface area contributed by atoms with Crippen molar-refractivity contribution in [3.05, 3.63) is 0 Å². The van der Waals surface area contributed by atoms with Crippen LogP contribution in [0.3, 0.4) is 0 Å². The molecule has 0 rings (SSSR count). The van der Waals surface area contributed by atoms with Gasteiger partial charge >= 0.3 is 0 Å². The molecule has 0 saturated carbocycles. The van der Waals surface area contributed by atoms with Crippen LogP contribution >= 0.6 is 0 Å². The van der Waals surface area contributed by atoms with Gasteiger partial charge < -0.3 is 10.2 Å². The van der Waals surface area contributed by atoms with Gasteiger partial charge in [-0.2, -0.15) is 0 Å². The normalized spacial score (nSPS) is 15.1. The average Bonchev–Trinajstić information content (AvgIpc) is 2.75. The highest BCUT2D eigenvalue weighted by molar-refractivity contribution is 5.19. The molecule has 0 aliphatic heterocycles. The van der Waals surface area contributed by atoms with Gasteiger partial charge in [-0.15, -0.1) is 0 Å². The second-order valence-electron chi connectivity index (χ2n) is 10.7. The third-order valence-electron chi connectivity index (χ3n) is 6.64. The van der Waals surface area contributed by atoms with Gasteiger partial charge in [-0.25, -0.2) is 0 Å². The van der Waals surface area contributed by atoms with Crippen LogP contribution in [0.2, 0.25) is 0 Å². The van der Waals surface area contributed by atoms with Crippen LogP contribution in [0.1, 0.15) is 169 Å². The Labute approximate surface area is 202 Å². The van der Waals surface area contributed by atoms with Gasteiger partial charge in [-0.3, -0.25) is 0 Å². The largest absolute Gasteiger partial charge is 0.378 e. The minimum Gasteiger partial charge on any atom is -0.378 e. The summed E-state index contributed by atoms with van der Waals surface area (Å²) in [5.74, 6) is 5.94. The Morgan fingerprint density at radius 2 is 0.625 bits per heavy atom. The zero-order chi connectivity index (χ0) is 24.0. The summed E-state index contributed by atoms with van der Waals surface area (Å²) in [6.07, 6.45) is 27.3. The monoisotopic (exact) mass is 450 g/mol. The average molecular weight is 451 g/mol. The van der Waals surface area contributed by atoms with Crippen LogP contribution in [0.25, 0.3) is 0 Å². The number of rotatable bonds is 22. The van der Waals surface area contributed by atoms with E-state index in [-0.39, 0.29) is 0 Å². The van der Waals surface area contributed by atoms with Crippen molar-refractivity contribution < 1.29 is 10.2 Å². The van der Waals surface area contributed by atoms with E-state index in [0.29, 0.717) is 12.8 Å². The molecular weight excluding hydrogens is 392 g/mol. The second kappa shape index (κ2) is 21.0. The van der Waals surface area contributed by atoms with E-state index in [0.717, 1.165) is 12.8 Å². The zero-order valence-electron chi connectivity index (χ0n) is 22.5. The summed E-state index contributed by atoms with van der Waals surface area (Å²) < 4.78 is 0.